The third-order valence-corrected chi connectivity index (χ3v) is 6.66. The fourth-order valence-corrected chi connectivity index (χ4v) is 4.57. The average molecular weight is 437 g/mol. The Morgan fingerprint density at radius 3 is 2.45 bits per heavy atom. The van der Waals surface area contributed by atoms with Gasteiger partial charge in [-0.05, 0) is 40.8 Å². The lowest BCUT2D eigenvalue weighted by atomic mass is 10.0. The Labute approximate surface area is 182 Å². The van der Waals surface area contributed by atoms with Crippen LogP contribution < -0.4 is 10.0 Å². The minimum atomic E-state index is -3.77. The second kappa shape index (κ2) is 9.43. The summed E-state index contributed by atoms with van der Waals surface area (Å²) in [5.74, 6) is -0.237. The Morgan fingerprint density at radius 2 is 1.65 bits per heavy atom. The summed E-state index contributed by atoms with van der Waals surface area (Å²) in [6.45, 7) is 1.57. The molecular weight excluding hydrogens is 412 g/mol. The van der Waals surface area contributed by atoms with Crippen molar-refractivity contribution in [1.82, 2.24) is 10.0 Å². The minimum absolute atomic E-state index is 0.0844. The van der Waals surface area contributed by atoms with E-state index in [4.69, 9.17) is 4.74 Å². The van der Waals surface area contributed by atoms with E-state index < -0.39 is 10.0 Å². The van der Waals surface area contributed by atoms with Gasteiger partial charge in [0.05, 0.1) is 18.1 Å². The fraction of sp³-hybridized carbons (Fsp3) is 0.208. The van der Waals surface area contributed by atoms with Crippen LogP contribution >= 0.6 is 0 Å². The summed E-state index contributed by atoms with van der Waals surface area (Å²) in [7, 11) is -3.77. The number of carbonyl (C=O) groups excluding carboxylic acids is 1. The summed E-state index contributed by atoms with van der Waals surface area (Å²) in [5.41, 5.74) is 4.13. The van der Waals surface area contributed by atoms with Gasteiger partial charge in [0.25, 0.3) is 5.91 Å². The van der Waals surface area contributed by atoms with Gasteiger partial charge in [0.15, 0.2) is 0 Å². The van der Waals surface area contributed by atoms with Gasteiger partial charge in [-0.1, -0.05) is 60.7 Å². The van der Waals surface area contributed by atoms with Crippen molar-refractivity contribution in [2.45, 2.75) is 31.1 Å². The van der Waals surface area contributed by atoms with Gasteiger partial charge in [-0.3, -0.25) is 4.79 Å². The number of nitrogens with one attached hydrogen (secondary N) is 2. The third-order valence-electron chi connectivity index (χ3n) is 5.26. The van der Waals surface area contributed by atoms with Crippen molar-refractivity contribution < 1.29 is 17.9 Å². The summed E-state index contributed by atoms with van der Waals surface area (Å²) < 4.78 is 34.1. The molecule has 4 rings (SSSR count). The molecule has 2 N–H and O–H groups in total. The highest BCUT2D eigenvalue weighted by Crippen LogP contribution is 2.20. The van der Waals surface area contributed by atoms with Gasteiger partial charge >= 0.3 is 0 Å². The molecule has 0 radical (unpaired) electrons. The summed E-state index contributed by atoms with van der Waals surface area (Å²) >= 11 is 0. The van der Waals surface area contributed by atoms with E-state index in [1.807, 2.05) is 54.6 Å². The predicted octanol–water partition coefficient (Wildman–Crippen LogP) is 3.17. The van der Waals surface area contributed by atoms with Crippen LogP contribution in [0.4, 0.5) is 0 Å². The number of carbonyl (C=O) groups is 1. The van der Waals surface area contributed by atoms with Gasteiger partial charge in [0, 0.05) is 18.7 Å². The van der Waals surface area contributed by atoms with Crippen LogP contribution in [0.2, 0.25) is 0 Å². The smallest absolute Gasteiger partial charge is 0.251 e. The van der Waals surface area contributed by atoms with Gasteiger partial charge < -0.3 is 10.1 Å². The Balaban J connectivity index is 1.43. The zero-order valence-corrected chi connectivity index (χ0v) is 17.8. The van der Waals surface area contributed by atoms with Gasteiger partial charge in [-0.25, -0.2) is 13.1 Å². The number of hydrogen-bond donors (Lipinski definition) is 2. The molecule has 0 saturated carbocycles. The van der Waals surface area contributed by atoms with Gasteiger partial charge in [-0.15, -0.1) is 0 Å². The van der Waals surface area contributed by atoms with Crippen LogP contribution in [0.1, 0.15) is 32.6 Å². The second-order valence-corrected chi connectivity index (χ2v) is 9.16. The van der Waals surface area contributed by atoms with Crippen LogP contribution in [-0.2, 0) is 40.9 Å². The molecule has 6 nitrogen and oxygen atoms in total. The molecule has 0 unspecified atom stereocenters. The average Bonchev–Trinajstić information content (AvgIpc) is 2.79. The van der Waals surface area contributed by atoms with Crippen LogP contribution in [0.3, 0.4) is 0 Å². The first-order valence-electron chi connectivity index (χ1n) is 10.1. The van der Waals surface area contributed by atoms with E-state index in [0.29, 0.717) is 31.7 Å². The molecule has 0 atom stereocenters. The maximum Gasteiger partial charge on any atom is 0.251 e. The molecule has 0 spiro atoms. The van der Waals surface area contributed by atoms with Crippen molar-refractivity contribution in [2.75, 3.05) is 6.54 Å². The SMILES string of the molecule is O=C1NCCc2ccc(S(=O)(=O)NCc3ccccc3COCc3ccccc3)cc21. The summed E-state index contributed by atoms with van der Waals surface area (Å²) in [4.78, 5) is 12.1. The van der Waals surface area contributed by atoms with Crippen molar-refractivity contribution in [2.24, 2.45) is 0 Å². The summed E-state index contributed by atoms with van der Waals surface area (Å²) in [6.07, 6.45) is 0.700. The Kier molecular flexibility index (Phi) is 6.46. The molecule has 1 aliphatic rings. The van der Waals surface area contributed by atoms with Crippen molar-refractivity contribution in [1.29, 1.82) is 0 Å². The van der Waals surface area contributed by atoms with Crippen molar-refractivity contribution in [3.8, 4) is 0 Å². The molecule has 1 aliphatic heterocycles. The monoisotopic (exact) mass is 436 g/mol. The number of hydrogen-bond acceptors (Lipinski definition) is 4. The van der Waals surface area contributed by atoms with E-state index in [9.17, 15) is 13.2 Å². The number of amides is 1. The molecule has 0 saturated heterocycles. The van der Waals surface area contributed by atoms with Crippen LogP contribution in [0.25, 0.3) is 0 Å². The van der Waals surface area contributed by atoms with Crippen LogP contribution in [-0.4, -0.2) is 20.9 Å². The largest absolute Gasteiger partial charge is 0.372 e. The fourth-order valence-electron chi connectivity index (χ4n) is 3.54. The highest BCUT2D eigenvalue weighted by Gasteiger charge is 2.21. The van der Waals surface area contributed by atoms with Crippen molar-refractivity contribution in [3.05, 3.63) is 101 Å². The molecule has 1 heterocycles. The molecule has 0 fully saturated rings. The van der Waals surface area contributed by atoms with Gasteiger partial charge in [0.2, 0.25) is 10.0 Å². The van der Waals surface area contributed by atoms with E-state index in [0.717, 1.165) is 22.3 Å². The van der Waals surface area contributed by atoms with Crippen LogP contribution in [0.5, 0.6) is 0 Å². The topological polar surface area (TPSA) is 84.5 Å². The van der Waals surface area contributed by atoms with Crippen LogP contribution in [0.15, 0.2) is 77.7 Å². The molecule has 3 aromatic rings. The molecule has 0 aliphatic carbocycles. The van der Waals surface area contributed by atoms with Gasteiger partial charge in [-0.2, -0.15) is 0 Å². The molecule has 31 heavy (non-hydrogen) atoms. The zero-order valence-electron chi connectivity index (χ0n) is 17.0. The number of fused-ring (bicyclic) bond motifs is 1. The van der Waals surface area contributed by atoms with E-state index in [1.165, 1.54) is 6.07 Å². The normalized spacial score (nSPS) is 13.5. The quantitative estimate of drug-likeness (QED) is 0.568. The van der Waals surface area contributed by atoms with Crippen LogP contribution in [0, 0.1) is 0 Å². The molecule has 7 heteroatoms. The number of rotatable bonds is 8. The maximum absolute atomic E-state index is 12.8. The second-order valence-electron chi connectivity index (χ2n) is 7.40. The Bertz CT molecular complexity index is 1180. The first kappa shape index (κ1) is 21.2. The standard InChI is InChI=1S/C24H24N2O4S/c27-24-23-14-22(11-10-19(23)12-13-25-24)31(28,29)26-15-20-8-4-5-9-21(20)17-30-16-18-6-2-1-3-7-18/h1-11,14,26H,12-13,15-17H2,(H,25,27). The van der Waals surface area contributed by atoms with Gasteiger partial charge in [0.1, 0.15) is 0 Å². The first-order valence-corrected chi connectivity index (χ1v) is 11.6. The zero-order chi connectivity index (χ0) is 21.7. The van der Waals surface area contributed by atoms with Crippen molar-refractivity contribution in [3.63, 3.8) is 0 Å². The predicted molar refractivity (Wildman–Crippen MR) is 118 cm³/mol. The highest BCUT2D eigenvalue weighted by atomic mass is 32.2. The maximum atomic E-state index is 12.8. The molecule has 160 valence electrons. The van der Waals surface area contributed by atoms with Crippen molar-refractivity contribution >= 4 is 15.9 Å². The Morgan fingerprint density at radius 1 is 0.903 bits per heavy atom. The molecule has 0 bridgehead atoms. The lowest BCUT2D eigenvalue weighted by Gasteiger charge is -2.17. The first-order chi connectivity index (χ1) is 15.0. The summed E-state index contributed by atoms with van der Waals surface area (Å²) in [6, 6.07) is 22.2. The lowest BCUT2D eigenvalue weighted by molar-refractivity contribution is 0.0945. The van der Waals surface area contributed by atoms with E-state index in [2.05, 4.69) is 10.0 Å². The third kappa shape index (κ3) is 5.19. The molecular formula is C24H24N2O4S. The van der Waals surface area contributed by atoms with E-state index >= 15 is 0 Å². The number of ether oxygens (including phenoxy) is 1. The van der Waals surface area contributed by atoms with E-state index in [1.54, 1.807) is 12.1 Å². The number of benzene rings is 3. The number of sulfonamides is 1. The highest BCUT2D eigenvalue weighted by molar-refractivity contribution is 7.89. The lowest BCUT2D eigenvalue weighted by Crippen LogP contribution is -2.32. The molecule has 3 aromatic carbocycles. The summed E-state index contributed by atoms with van der Waals surface area (Å²) in [5, 5.41) is 2.75. The minimum Gasteiger partial charge on any atom is -0.372 e. The molecule has 1 amide bonds. The Hall–Kier alpha value is -3.00. The van der Waals surface area contributed by atoms with E-state index in [-0.39, 0.29) is 17.3 Å². The molecule has 0 aromatic heterocycles.